The average molecular weight is 657 g/mol. The fraction of sp³-hybridized carbons (Fsp3) is 0.375. The van der Waals surface area contributed by atoms with Crippen molar-refractivity contribution in [1.82, 2.24) is 10.2 Å². The first-order chi connectivity index (χ1) is 20.1. The summed E-state index contributed by atoms with van der Waals surface area (Å²) in [6, 6.07) is 19.8. The van der Waals surface area contributed by atoms with E-state index in [1.54, 1.807) is 43.3 Å². The molecule has 8 nitrogen and oxygen atoms in total. The number of halogens is 1. The molecule has 0 heterocycles. The molecule has 1 N–H and O–H groups in total. The van der Waals surface area contributed by atoms with Gasteiger partial charge in [-0.1, -0.05) is 71.1 Å². The number of carbonyl (C=O) groups excluding carboxylic acids is 2. The molecule has 0 radical (unpaired) electrons. The third-order valence-electron chi connectivity index (χ3n) is 7.59. The molecule has 42 heavy (non-hydrogen) atoms. The zero-order valence-corrected chi connectivity index (χ0v) is 26.7. The number of benzene rings is 3. The van der Waals surface area contributed by atoms with E-state index in [1.807, 2.05) is 31.2 Å². The molecule has 1 saturated carbocycles. The number of sulfonamides is 1. The van der Waals surface area contributed by atoms with Gasteiger partial charge in [0.05, 0.1) is 17.7 Å². The first-order valence-corrected chi connectivity index (χ1v) is 16.4. The summed E-state index contributed by atoms with van der Waals surface area (Å²) in [5, 5.41) is 3.12. The van der Waals surface area contributed by atoms with Crippen molar-refractivity contribution in [2.45, 2.75) is 69.5 Å². The highest BCUT2D eigenvalue weighted by molar-refractivity contribution is 9.10. The minimum absolute atomic E-state index is 0.0605. The van der Waals surface area contributed by atoms with Gasteiger partial charge in [-0.15, -0.1) is 0 Å². The van der Waals surface area contributed by atoms with Gasteiger partial charge in [0.2, 0.25) is 11.8 Å². The highest BCUT2D eigenvalue weighted by Crippen LogP contribution is 2.28. The number of methoxy groups -OCH3 is 1. The van der Waals surface area contributed by atoms with E-state index in [4.69, 9.17) is 4.74 Å². The van der Waals surface area contributed by atoms with Crippen LogP contribution in [0.25, 0.3) is 0 Å². The molecule has 0 spiro atoms. The summed E-state index contributed by atoms with van der Waals surface area (Å²) < 4.78 is 35.3. The zero-order valence-electron chi connectivity index (χ0n) is 24.3. The molecule has 0 unspecified atom stereocenters. The van der Waals surface area contributed by atoms with Crippen LogP contribution in [0, 0.1) is 6.92 Å². The summed E-state index contributed by atoms with van der Waals surface area (Å²) in [6.45, 7) is 3.20. The largest absolute Gasteiger partial charge is 0.497 e. The van der Waals surface area contributed by atoms with E-state index in [9.17, 15) is 18.0 Å². The van der Waals surface area contributed by atoms with Gasteiger partial charge in [0.15, 0.2) is 0 Å². The first-order valence-electron chi connectivity index (χ1n) is 14.2. The molecular weight excluding hydrogens is 618 g/mol. The van der Waals surface area contributed by atoms with Crippen molar-refractivity contribution in [2.24, 2.45) is 0 Å². The Kier molecular flexibility index (Phi) is 10.7. The average Bonchev–Trinajstić information content (AvgIpc) is 2.99. The summed E-state index contributed by atoms with van der Waals surface area (Å²) in [6.07, 6.45) is 5.11. The smallest absolute Gasteiger partial charge is 0.264 e. The van der Waals surface area contributed by atoms with E-state index < -0.39 is 28.5 Å². The zero-order chi connectivity index (χ0) is 30.3. The predicted octanol–water partition coefficient (Wildman–Crippen LogP) is 5.83. The van der Waals surface area contributed by atoms with Crippen LogP contribution in [0.1, 0.15) is 50.2 Å². The van der Waals surface area contributed by atoms with Crippen molar-refractivity contribution in [3.63, 3.8) is 0 Å². The van der Waals surface area contributed by atoms with Crippen molar-refractivity contribution in [2.75, 3.05) is 18.0 Å². The number of hydrogen-bond donors (Lipinski definition) is 1. The number of nitrogens with one attached hydrogen (secondary N) is 1. The van der Waals surface area contributed by atoms with E-state index >= 15 is 0 Å². The van der Waals surface area contributed by atoms with Gasteiger partial charge >= 0.3 is 0 Å². The Balaban J connectivity index is 1.69. The molecule has 3 aromatic carbocycles. The van der Waals surface area contributed by atoms with Crippen molar-refractivity contribution in [3.05, 3.63) is 88.4 Å². The normalized spacial score (nSPS) is 14.6. The second kappa shape index (κ2) is 14.2. The Morgan fingerprint density at radius 1 is 1.00 bits per heavy atom. The topological polar surface area (TPSA) is 96.0 Å². The lowest BCUT2D eigenvalue weighted by Crippen LogP contribution is -2.53. The van der Waals surface area contributed by atoms with Gasteiger partial charge in [-0.2, -0.15) is 0 Å². The van der Waals surface area contributed by atoms with Crippen molar-refractivity contribution < 1.29 is 22.7 Å². The Morgan fingerprint density at radius 3 is 2.36 bits per heavy atom. The second-order valence-electron chi connectivity index (χ2n) is 10.7. The third-order valence-corrected chi connectivity index (χ3v) is 9.87. The third kappa shape index (κ3) is 7.92. The first kappa shape index (κ1) is 31.6. The summed E-state index contributed by atoms with van der Waals surface area (Å²) in [4.78, 5) is 29.1. The van der Waals surface area contributed by atoms with Crippen molar-refractivity contribution in [3.8, 4) is 5.75 Å². The van der Waals surface area contributed by atoms with Crippen LogP contribution in [0.15, 0.2) is 82.2 Å². The lowest BCUT2D eigenvalue weighted by molar-refractivity contribution is -0.139. The van der Waals surface area contributed by atoms with Crippen LogP contribution in [-0.4, -0.2) is 50.9 Å². The number of rotatable bonds is 11. The van der Waals surface area contributed by atoms with Gasteiger partial charge in [0.25, 0.3) is 10.0 Å². The lowest BCUT2D eigenvalue weighted by atomic mass is 9.95. The van der Waals surface area contributed by atoms with E-state index in [1.165, 1.54) is 24.1 Å². The van der Waals surface area contributed by atoms with Gasteiger partial charge in [-0.25, -0.2) is 8.42 Å². The van der Waals surface area contributed by atoms with Gasteiger partial charge in [0.1, 0.15) is 18.3 Å². The van der Waals surface area contributed by atoms with Crippen LogP contribution in [-0.2, 0) is 26.2 Å². The molecule has 224 valence electrons. The molecule has 0 aromatic heterocycles. The van der Waals surface area contributed by atoms with Gasteiger partial charge < -0.3 is 15.0 Å². The standard InChI is InChI=1S/C32H38BrN3O5S/c1-23-15-17-30(18-16-23)42(39,40)36(28-13-8-14-29(20-28)41-3)22-31(37)35(21-25-9-7-10-26(33)19-25)24(2)32(38)34-27-11-5-4-6-12-27/h7-10,13-20,24,27H,4-6,11-12,21-22H2,1-3H3,(H,34,38)/t24-/m1/s1. The predicted molar refractivity (Wildman–Crippen MR) is 168 cm³/mol. The molecule has 0 saturated heterocycles. The van der Waals surface area contributed by atoms with E-state index in [-0.39, 0.29) is 29.1 Å². The van der Waals surface area contributed by atoms with Gasteiger partial charge in [0, 0.05) is 23.1 Å². The van der Waals surface area contributed by atoms with Crippen LogP contribution in [0.2, 0.25) is 0 Å². The second-order valence-corrected chi connectivity index (χ2v) is 13.5. The molecule has 1 aliphatic rings. The lowest BCUT2D eigenvalue weighted by Gasteiger charge is -2.33. The summed E-state index contributed by atoms with van der Waals surface area (Å²) in [5.41, 5.74) is 2.00. The highest BCUT2D eigenvalue weighted by Gasteiger charge is 2.33. The molecule has 1 fully saturated rings. The minimum Gasteiger partial charge on any atom is -0.497 e. The number of hydrogen-bond acceptors (Lipinski definition) is 5. The molecule has 10 heteroatoms. The van der Waals surface area contributed by atoms with Crippen molar-refractivity contribution in [1.29, 1.82) is 0 Å². The Labute approximate surface area is 257 Å². The quantitative estimate of drug-likeness (QED) is 0.281. The minimum atomic E-state index is -4.15. The van der Waals surface area contributed by atoms with Crippen LogP contribution in [0.4, 0.5) is 5.69 Å². The molecule has 0 bridgehead atoms. The Morgan fingerprint density at radius 2 is 1.69 bits per heavy atom. The number of ether oxygens (including phenoxy) is 1. The van der Waals surface area contributed by atoms with Gasteiger partial charge in [-0.3, -0.25) is 13.9 Å². The number of nitrogens with zero attached hydrogens (tertiary/aromatic N) is 2. The van der Waals surface area contributed by atoms with E-state index in [0.29, 0.717) is 5.75 Å². The SMILES string of the molecule is COc1cccc(N(CC(=O)N(Cc2cccc(Br)c2)[C@H](C)C(=O)NC2CCCCC2)S(=O)(=O)c2ccc(C)cc2)c1. The van der Waals surface area contributed by atoms with E-state index in [0.717, 1.165) is 52.0 Å². The van der Waals surface area contributed by atoms with Gasteiger partial charge in [-0.05, 0) is 68.7 Å². The van der Waals surface area contributed by atoms with E-state index in [2.05, 4.69) is 21.2 Å². The van der Waals surface area contributed by atoms with Crippen molar-refractivity contribution >= 4 is 43.5 Å². The molecule has 1 atom stereocenters. The molecule has 4 rings (SSSR count). The van der Waals surface area contributed by atoms with Crippen LogP contribution in [0.5, 0.6) is 5.75 Å². The molecule has 0 aliphatic heterocycles. The number of carbonyl (C=O) groups is 2. The molecule has 2 amide bonds. The summed E-state index contributed by atoms with van der Waals surface area (Å²) >= 11 is 3.48. The molecular formula is C32H38BrN3O5S. The molecule has 1 aliphatic carbocycles. The summed E-state index contributed by atoms with van der Waals surface area (Å²) in [5.74, 6) is -0.297. The number of anilines is 1. The summed E-state index contributed by atoms with van der Waals surface area (Å²) in [7, 11) is -2.65. The number of amides is 2. The monoisotopic (exact) mass is 655 g/mol. The maximum Gasteiger partial charge on any atom is 0.264 e. The maximum absolute atomic E-state index is 14.1. The number of aryl methyl sites for hydroxylation is 1. The fourth-order valence-corrected chi connectivity index (χ4v) is 6.97. The molecule has 3 aromatic rings. The Bertz CT molecular complexity index is 1490. The Hall–Kier alpha value is -3.37. The highest BCUT2D eigenvalue weighted by atomic mass is 79.9. The maximum atomic E-state index is 14.1. The van der Waals surface area contributed by atoms with Crippen LogP contribution in [0.3, 0.4) is 0 Å². The fourth-order valence-electron chi connectivity index (χ4n) is 5.12. The van der Waals surface area contributed by atoms with Crippen LogP contribution < -0.4 is 14.4 Å². The van der Waals surface area contributed by atoms with Crippen LogP contribution >= 0.6 is 15.9 Å².